The molecule has 0 aromatic heterocycles. The topological polar surface area (TPSA) is 55.4 Å². The normalized spacial score (nSPS) is 17.8. The van der Waals surface area contributed by atoms with Gasteiger partial charge in [-0.3, -0.25) is 0 Å². The molecule has 12 aromatic carbocycles. The second-order valence-electron chi connectivity index (χ2n) is 29.6. The van der Waals surface area contributed by atoms with Crippen molar-refractivity contribution in [3.8, 4) is 89.0 Å². The van der Waals surface area contributed by atoms with Crippen molar-refractivity contribution in [2.24, 2.45) is 0 Å². The molecule has 6 aliphatic heterocycles. The van der Waals surface area contributed by atoms with Gasteiger partial charge in [-0.1, -0.05) is 243 Å². The summed E-state index contributed by atoms with van der Waals surface area (Å²) in [5.74, 6) is 0. The highest BCUT2D eigenvalue weighted by molar-refractivity contribution is 6.01. The molecule has 12 aromatic rings. The first kappa shape index (κ1) is 67.3. The van der Waals surface area contributed by atoms with Crippen LogP contribution in [0.4, 0.5) is 0 Å². The molecule has 3 spiro atoms. The van der Waals surface area contributed by atoms with E-state index in [0.29, 0.717) is 0 Å². The minimum absolute atomic E-state index is 0.409. The zero-order valence-corrected chi connectivity index (χ0v) is 60.3. The number of ether oxygens (including phenoxy) is 6. The lowest BCUT2D eigenvalue weighted by atomic mass is 9.69. The summed E-state index contributed by atoms with van der Waals surface area (Å²) in [4.78, 5) is 0. The first-order valence-electron chi connectivity index (χ1n) is 39.0. The van der Waals surface area contributed by atoms with E-state index in [9.17, 15) is 0 Å². The van der Waals surface area contributed by atoms with Crippen LogP contribution in [0.25, 0.3) is 89.0 Å². The summed E-state index contributed by atoms with van der Waals surface area (Å²) in [6.45, 7) is 12.0. The molecule has 6 heterocycles. The molecule has 0 N–H and O–H groups in total. The van der Waals surface area contributed by atoms with Crippen molar-refractivity contribution < 1.29 is 28.4 Å². The summed E-state index contributed by atoms with van der Waals surface area (Å²) in [5, 5.41) is 0. The van der Waals surface area contributed by atoms with Crippen LogP contribution in [0.2, 0.25) is 0 Å². The SMILES string of the molecule is C1CCOC1.C1CCOC1.C1CCOC1.C1CCOC1.C1CCOC1.C1CCOC1.c1ccc2c(c1)-c1ccccc1C21c2ccccc2-c2ccc(-c3ccc4c(c3)C3(c5ccccc5-c5ccccc53)c3cc(-c5ccc6c(c5)C5(c7ccccc7-c7ccccc75)c5ccccc5-6)ccc3-4)cc21. The Balaban J connectivity index is 0.000000216. The molecule has 0 saturated carbocycles. The summed E-state index contributed by atoms with van der Waals surface area (Å²) >= 11 is 0. The summed E-state index contributed by atoms with van der Waals surface area (Å²) in [6, 6.07) is 103. The number of hydrogen-bond acceptors (Lipinski definition) is 6. The van der Waals surface area contributed by atoms with E-state index < -0.39 is 16.2 Å². The number of rotatable bonds is 2. The van der Waals surface area contributed by atoms with Crippen LogP contribution in [0, 0.1) is 0 Å². The molecule has 0 unspecified atom stereocenters. The Hall–Kier alpha value is -9.60. The van der Waals surface area contributed by atoms with Crippen molar-refractivity contribution >= 4 is 0 Å². The molecule has 6 fully saturated rings. The van der Waals surface area contributed by atoms with Gasteiger partial charge in [0, 0.05) is 79.3 Å². The van der Waals surface area contributed by atoms with Crippen LogP contribution in [-0.2, 0) is 44.7 Å². The Labute approximate surface area is 620 Å². The summed E-state index contributed by atoms with van der Waals surface area (Å²) in [5.41, 5.74) is 35.8. The first-order valence-corrected chi connectivity index (χ1v) is 39.0. The van der Waals surface area contributed by atoms with Crippen LogP contribution in [0.3, 0.4) is 0 Å². The van der Waals surface area contributed by atoms with Gasteiger partial charge in [-0.05, 0) is 257 Å². The van der Waals surface area contributed by atoms with E-state index in [1.165, 1.54) is 233 Å². The summed E-state index contributed by atoms with van der Waals surface area (Å²) < 4.78 is 29.7. The molecular formula is C99H92O6. The molecule has 0 bridgehead atoms. The van der Waals surface area contributed by atoms with Gasteiger partial charge < -0.3 is 28.4 Å². The van der Waals surface area contributed by atoms with E-state index in [4.69, 9.17) is 28.4 Å². The number of fused-ring (bicyclic) bond motifs is 30. The van der Waals surface area contributed by atoms with Crippen LogP contribution in [0.15, 0.2) is 267 Å². The molecule has 6 saturated heterocycles. The summed E-state index contributed by atoms with van der Waals surface area (Å²) in [6.07, 6.45) is 15.3. The van der Waals surface area contributed by atoms with Crippen LogP contribution in [0.1, 0.15) is 144 Å². The van der Waals surface area contributed by atoms with Gasteiger partial charge in [-0.2, -0.15) is 0 Å². The van der Waals surface area contributed by atoms with Crippen LogP contribution in [0.5, 0.6) is 0 Å². The zero-order chi connectivity index (χ0) is 70.0. The lowest BCUT2D eigenvalue weighted by Gasteiger charge is -2.32. The minimum Gasteiger partial charge on any atom is -0.381 e. The highest BCUT2D eigenvalue weighted by Gasteiger charge is 2.55. The molecule has 24 rings (SSSR count). The maximum absolute atomic E-state index is 4.94. The Morgan fingerprint density at radius 3 is 0.419 bits per heavy atom. The second-order valence-corrected chi connectivity index (χ2v) is 29.6. The lowest BCUT2D eigenvalue weighted by Crippen LogP contribution is -2.26. The maximum atomic E-state index is 4.94. The molecular weight excluding hydrogens is 1290 g/mol. The standard InChI is InChI=1S/C75H44.6C4H8O/c1-9-25-61-49(17-1)50-18-2-10-26-62(50)73(61)65-29-13-7-23-55(65)57-37-33-45(41-69(57)73)47-35-39-59-60-40-36-48(44-72(60)75(71(59)43-47)67-31-15-5-21-53(67)54-22-6-16-32-68(54)75)46-34-38-58-56-24-8-14-30-66(56)74(70(58)42-46)63-27-11-3-19-51(63)52-20-4-12-28-64(52)74;6*1-2-4-5-3-1/h1-44H;6*1-4H2. The summed E-state index contributed by atoms with van der Waals surface area (Å²) in [7, 11) is 0. The fourth-order valence-electron chi connectivity index (χ4n) is 19.1. The van der Waals surface area contributed by atoms with Gasteiger partial charge in [-0.15, -0.1) is 0 Å². The molecule has 12 aliphatic rings. The van der Waals surface area contributed by atoms with Gasteiger partial charge in [-0.25, -0.2) is 0 Å². The van der Waals surface area contributed by atoms with Crippen molar-refractivity contribution in [2.45, 2.75) is 93.3 Å². The molecule has 0 amide bonds. The Morgan fingerprint density at radius 1 is 0.143 bits per heavy atom. The van der Waals surface area contributed by atoms with Gasteiger partial charge in [0.15, 0.2) is 0 Å². The van der Waals surface area contributed by atoms with Crippen molar-refractivity contribution in [1.82, 2.24) is 0 Å². The van der Waals surface area contributed by atoms with Gasteiger partial charge in [0.1, 0.15) is 0 Å². The van der Waals surface area contributed by atoms with Gasteiger partial charge in [0.05, 0.1) is 16.2 Å². The van der Waals surface area contributed by atoms with Gasteiger partial charge >= 0.3 is 0 Å². The second kappa shape index (κ2) is 29.7. The predicted molar refractivity (Wildman–Crippen MR) is 427 cm³/mol. The average Bonchev–Trinajstić information content (AvgIpc) is 1.53. The monoisotopic (exact) mass is 1380 g/mol. The van der Waals surface area contributed by atoms with Crippen LogP contribution < -0.4 is 0 Å². The van der Waals surface area contributed by atoms with E-state index in [0.717, 1.165) is 79.3 Å². The molecule has 6 aliphatic carbocycles. The van der Waals surface area contributed by atoms with Crippen molar-refractivity contribution in [3.63, 3.8) is 0 Å². The largest absolute Gasteiger partial charge is 0.381 e. The van der Waals surface area contributed by atoms with E-state index in [-0.39, 0.29) is 0 Å². The molecule has 6 heteroatoms. The smallest absolute Gasteiger partial charge is 0.0725 e. The maximum Gasteiger partial charge on any atom is 0.0725 e. The van der Waals surface area contributed by atoms with E-state index in [1.807, 2.05) is 0 Å². The average molecular weight is 1380 g/mol. The molecule has 105 heavy (non-hydrogen) atoms. The Bertz CT molecular complexity index is 4610. The van der Waals surface area contributed by atoms with Crippen molar-refractivity contribution in [1.29, 1.82) is 0 Å². The number of benzene rings is 12. The Kier molecular flexibility index (Phi) is 19.1. The zero-order valence-electron chi connectivity index (χ0n) is 60.3. The third-order valence-electron chi connectivity index (χ3n) is 23.7. The van der Waals surface area contributed by atoms with Crippen molar-refractivity contribution in [3.05, 3.63) is 334 Å². The third kappa shape index (κ3) is 11.5. The van der Waals surface area contributed by atoms with Crippen LogP contribution >= 0.6 is 0 Å². The van der Waals surface area contributed by atoms with Crippen molar-refractivity contribution in [2.75, 3.05) is 79.3 Å². The Morgan fingerprint density at radius 2 is 0.276 bits per heavy atom. The molecule has 6 nitrogen and oxygen atoms in total. The highest BCUT2D eigenvalue weighted by Crippen LogP contribution is 2.67. The molecule has 0 atom stereocenters. The fraction of sp³-hybridized carbons (Fsp3) is 0.273. The van der Waals surface area contributed by atoms with E-state index in [2.05, 4.69) is 267 Å². The molecule has 0 radical (unpaired) electrons. The van der Waals surface area contributed by atoms with E-state index >= 15 is 0 Å². The van der Waals surface area contributed by atoms with Gasteiger partial charge in [0.25, 0.3) is 0 Å². The highest BCUT2D eigenvalue weighted by atomic mass is 16.5. The molecule has 524 valence electrons. The fourth-order valence-corrected chi connectivity index (χ4v) is 19.1. The van der Waals surface area contributed by atoms with E-state index in [1.54, 1.807) is 0 Å². The third-order valence-corrected chi connectivity index (χ3v) is 23.7. The first-order chi connectivity index (χ1) is 52.2. The predicted octanol–water partition coefficient (Wildman–Crippen LogP) is 22.8. The number of hydrogen-bond donors (Lipinski definition) is 0. The lowest BCUT2D eigenvalue weighted by molar-refractivity contribution is 0.198. The minimum atomic E-state index is -0.529. The van der Waals surface area contributed by atoms with Crippen LogP contribution in [-0.4, -0.2) is 79.3 Å². The quantitative estimate of drug-likeness (QED) is 0.172. The van der Waals surface area contributed by atoms with Gasteiger partial charge in [0.2, 0.25) is 0 Å².